The van der Waals surface area contributed by atoms with Crippen LogP contribution in [0.25, 0.3) is 0 Å². The Morgan fingerprint density at radius 2 is 1.80 bits per heavy atom. The largest absolute Gasteiger partial charge is 0.481 e. The molecule has 2 unspecified atom stereocenters. The Balaban J connectivity index is 1.81. The zero-order valence-electron chi connectivity index (χ0n) is 11.2. The van der Waals surface area contributed by atoms with E-state index in [-0.39, 0.29) is 23.7 Å². The summed E-state index contributed by atoms with van der Waals surface area (Å²) in [7, 11) is 0. The molecule has 1 saturated carbocycles. The molecule has 0 radical (unpaired) electrons. The monoisotopic (exact) mass is 280 g/mol. The smallest absolute Gasteiger partial charge is 0.307 e. The van der Waals surface area contributed by atoms with Crippen molar-refractivity contribution >= 4 is 17.8 Å². The van der Waals surface area contributed by atoms with Crippen LogP contribution in [0.15, 0.2) is 12.2 Å². The van der Waals surface area contributed by atoms with Crippen molar-refractivity contribution in [1.29, 1.82) is 0 Å². The van der Waals surface area contributed by atoms with Crippen molar-refractivity contribution < 1.29 is 19.5 Å². The SMILES string of the molecule is NC(=O)CCCCNC(=O)[C@H]1C2C=CC(C2)[C@H]1C(=O)O. The summed E-state index contributed by atoms with van der Waals surface area (Å²) in [5, 5.41) is 12.0. The minimum atomic E-state index is -0.893. The molecule has 6 heteroatoms. The molecule has 0 aromatic heterocycles. The first-order valence-corrected chi connectivity index (χ1v) is 6.98. The third-order valence-corrected chi connectivity index (χ3v) is 4.20. The number of carbonyl (C=O) groups is 3. The Kier molecular flexibility index (Phi) is 4.42. The van der Waals surface area contributed by atoms with Crippen LogP contribution in [0.4, 0.5) is 0 Å². The molecule has 2 aliphatic rings. The fourth-order valence-electron chi connectivity index (χ4n) is 3.27. The normalized spacial score (nSPS) is 30.4. The van der Waals surface area contributed by atoms with Gasteiger partial charge in [-0.25, -0.2) is 0 Å². The molecule has 0 aromatic carbocycles. The zero-order chi connectivity index (χ0) is 14.7. The molecule has 0 aromatic rings. The van der Waals surface area contributed by atoms with Crippen LogP contribution in [0.2, 0.25) is 0 Å². The van der Waals surface area contributed by atoms with Crippen LogP contribution in [-0.2, 0) is 14.4 Å². The van der Waals surface area contributed by atoms with Crippen molar-refractivity contribution in [2.75, 3.05) is 6.54 Å². The van der Waals surface area contributed by atoms with Crippen molar-refractivity contribution in [1.82, 2.24) is 5.32 Å². The van der Waals surface area contributed by atoms with E-state index >= 15 is 0 Å². The molecule has 110 valence electrons. The van der Waals surface area contributed by atoms with Crippen LogP contribution in [0.3, 0.4) is 0 Å². The third-order valence-electron chi connectivity index (χ3n) is 4.20. The minimum Gasteiger partial charge on any atom is -0.481 e. The molecule has 4 N–H and O–H groups in total. The number of primary amides is 1. The first-order valence-electron chi connectivity index (χ1n) is 6.98. The first kappa shape index (κ1) is 14.6. The van der Waals surface area contributed by atoms with E-state index in [9.17, 15) is 19.5 Å². The van der Waals surface area contributed by atoms with Crippen molar-refractivity contribution in [2.45, 2.75) is 25.7 Å². The highest BCUT2D eigenvalue weighted by molar-refractivity contribution is 5.86. The zero-order valence-corrected chi connectivity index (χ0v) is 11.2. The van der Waals surface area contributed by atoms with Crippen molar-refractivity contribution in [3.63, 3.8) is 0 Å². The average molecular weight is 280 g/mol. The van der Waals surface area contributed by atoms with E-state index in [4.69, 9.17) is 5.73 Å². The van der Waals surface area contributed by atoms with E-state index < -0.39 is 17.8 Å². The van der Waals surface area contributed by atoms with Gasteiger partial charge in [-0.1, -0.05) is 12.2 Å². The van der Waals surface area contributed by atoms with Gasteiger partial charge in [-0.05, 0) is 31.1 Å². The summed E-state index contributed by atoms with van der Waals surface area (Å²) in [6, 6.07) is 0. The number of rotatable bonds is 7. The van der Waals surface area contributed by atoms with Crippen molar-refractivity contribution in [3.05, 3.63) is 12.2 Å². The fourth-order valence-corrected chi connectivity index (χ4v) is 3.27. The molecular weight excluding hydrogens is 260 g/mol. The molecular formula is C14H20N2O4. The molecule has 2 aliphatic carbocycles. The van der Waals surface area contributed by atoms with Gasteiger partial charge in [0.05, 0.1) is 11.8 Å². The summed E-state index contributed by atoms with van der Waals surface area (Å²) >= 11 is 0. The second-order valence-electron chi connectivity index (χ2n) is 5.55. The number of allylic oxidation sites excluding steroid dienone is 2. The van der Waals surface area contributed by atoms with Gasteiger partial charge in [-0.3, -0.25) is 14.4 Å². The summed E-state index contributed by atoms with van der Waals surface area (Å²) < 4.78 is 0. The lowest BCUT2D eigenvalue weighted by atomic mass is 9.82. The molecule has 4 atom stereocenters. The molecule has 0 saturated heterocycles. The van der Waals surface area contributed by atoms with Gasteiger partial charge in [0, 0.05) is 13.0 Å². The quantitative estimate of drug-likeness (QED) is 0.459. The molecule has 1 fully saturated rings. The topological polar surface area (TPSA) is 109 Å². The van der Waals surface area contributed by atoms with Crippen LogP contribution >= 0.6 is 0 Å². The molecule has 2 bridgehead atoms. The second-order valence-corrected chi connectivity index (χ2v) is 5.55. The maximum absolute atomic E-state index is 12.1. The number of nitrogens with two attached hydrogens (primary N) is 1. The van der Waals surface area contributed by atoms with Crippen LogP contribution < -0.4 is 11.1 Å². The van der Waals surface area contributed by atoms with Crippen LogP contribution in [0.1, 0.15) is 25.7 Å². The lowest BCUT2D eigenvalue weighted by Gasteiger charge is -2.23. The Morgan fingerprint density at radius 3 is 2.40 bits per heavy atom. The van der Waals surface area contributed by atoms with Gasteiger partial charge < -0.3 is 16.2 Å². The van der Waals surface area contributed by atoms with E-state index in [2.05, 4.69) is 5.32 Å². The van der Waals surface area contributed by atoms with Crippen LogP contribution in [0, 0.1) is 23.7 Å². The van der Waals surface area contributed by atoms with Gasteiger partial charge in [-0.2, -0.15) is 0 Å². The molecule has 20 heavy (non-hydrogen) atoms. The van der Waals surface area contributed by atoms with E-state index in [0.717, 1.165) is 6.42 Å². The minimum absolute atomic E-state index is 0.0110. The number of carboxylic acids is 1. The Labute approximate surface area is 117 Å². The number of unbranched alkanes of at least 4 members (excludes halogenated alkanes) is 1. The average Bonchev–Trinajstić information content (AvgIpc) is 2.97. The molecule has 2 rings (SSSR count). The standard InChI is InChI=1S/C14H20N2O4/c15-10(17)3-1-2-6-16-13(18)11-8-4-5-9(7-8)12(11)14(19)20/h4-5,8-9,11-12H,1-3,6-7H2,(H2,15,17)(H,16,18)(H,19,20)/t8?,9?,11-,12+/m0/s1. The molecule has 0 heterocycles. The molecule has 2 amide bonds. The fraction of sp³-hybridized carbons (Fsp3) is 0.643. The van der Waals surface area contributed by atoms with Crippen LogP contribution in [0.5, 0.6) is 0 Å². The Hall–Kier alpha value is -1.85. The van der Waals surface area contributed by atoms with Gasteiger partial charge in [0.15, 0.2) is 0 Å². The Morgan fingerprint density at radius 1 is 1.15 bits per heavy atom. The van der Waals surface area contributed by atoms with Gasteiger partial charge in [0.1, 0.15) is 0 Å². The number of nitrogens with one attached hydrogen (secondary N) is 1. The summed E-state index contributed by atoms with van der Waals surface area (Å²) in [5.41, 5.74) is 5.03. The first-order chi connectivity index (χ1) is 9.50. The number of hydrogen-bond donors (Lipinski definition) is 3. The van der Waals surface area contributed by atoms with E-state index in [0.29, 0.717) is 25.8 Å². The molecule has 0 aliphatic heterocycles. The summed E-state index contributed by atoms with van der Waals surface area (Å²) in [6.07, 6.45) is 6.25. The van der Waals surface area contributed by atoms with E-state index in [1.165, 1.54) is 0 Å². The highest BCUT2D eigenvalue weighted by Gasteiger charge is 2.51. The third kappa shape index (κ3) is 3.00. The van der Waals surface area contributed by atoms with E-state index in [1.807, 2.05) is 12.2 Å². The van der Waals surface area contributed by atoms with Gasteiger partial charge in [0.2, 0.25) is 11.8 Å². The maximum atomic E-state index is 12.1. The number of carbonyl (C=O) groups excluding carboxylic acids is 2. The van der Waals surface area contributed by atoms with Crippen molar-refractivity contribution in [2.24, 2.45) is 29.4 Å². The van der Waals surface area contributed by atoms with Crippen molar-refractivity contribution in [3.8, 4) is 0 Å². The van der Waals surface area contributed by atoms with Gasteiger partial charge in [0.25, 0.3) is 0 Å². The predicted molar refractivity (Wildman–Crippen MR) is 71.4 cm³/mol. The van der Waals surface area contributed by atoms with Gasteiger partial charge in [-0.15, -0.1) is 0 Å². The number of hydrogen-bond acceptors (Lipinski definition) is 3. The highest BCUT2D eigenvalue weighted by atomic mass is 16.4. The van der Waals surface area contributed by atoms with Gasteiger partial charge >= 0.3 is 5.97 Å². The molecule has 0 spiro atoms. The second kappa shape index (κ2) is 6.07. The summed E-state index contributed by atoms with van der Waals surface area (Å²) in [5.74, 6) is -2.45. The maximum Gasteiger partial charge on any atom is 0.307 e. The number of amides is 2. The molecule has 6 nitrogen and oxygen atoms in total. The number of carboxylic acid groups (broad SMARTS) is 1. The predicted octanol–water partition coefficient (Wildman–Crippen LogP) is 0.281. The van der Waals surface area contributed by atoms with Crippen LogP contribution in [-0.4, -0.2) is 29.4 Å². The lowest BCUT2D eigenvalue weighted by Crippen LogP contribution is -2.40. The van der Waals surface area contributed by atoms with E-state index in [1.54, 1.807) is 0 Å². The summed E-state index contributed by atoms with van der Waals surface area (Å²) in [4.78, 5) is 34.0. The highest BCUT2D eigenvalue weighted by Crippen LogP contribution is 2.48. The number of aliphatic carboxylic acids is 1. The number of fused-ring (bicyclic) bond motifs is 2. The summed E-state index contributed by atoms with van der Waals surface area (Å²) in [6.45, 7) is 0.454. The Bertz CT molecular complexity index is 446. The lowest BCUT2D eigenvalue weighted by molar-refractivity contribution is -0.147.